The van der Waals surface area contributed by atoms with Crippen LogP contribution in [-0.2, 0) is 0 Å². The number of alkyl halides is 1. The molecule has 3 rings (SSSR count). The Morgan fingerprint density at radius 3 is 2.23 bits per heavy atom. The maximum atomic E-state index is 12.8. The summed E-state index contributed by atoms with van der Waals surface area (Å²) in [4.78, 5) is 25.5. The average molecular weight is 418 g/mol. The van der Waals surface area contributed by atoms with E-state index >= 15 is 0 Å². The molecule has 0 radical (unpaired) electrons. The van der Waals surface area contributed by atoms with Crippen LogP contribution >= 0.6 is 15.9 Å². The first-order chi connectivity index (χ1) is 12.6. The van der Waals surface area contributed by atoms with Crippen molar-refractivity contribution in [2.75, 3.05) is 17.7 Å². The van der Waals surface area contributed by atoms with Crippen LogP contribution in [0.1, 0.15) is 57.5 Å². The molecule has 0 unspecified atom stereocenters. The van der Waals surface area contributed by atoms with E-state index in [9.17, 15) is 14.7 Å². The Kier molecular flexibility index (Phi) is 5.61. The molecule has 136 valence electrons. The third-order valence-electron chi connectivity index (χ3n) is 4.46. The number of hydrogen-bond donors (Lipinski definition) is 2. The Morgan fingerprint density at radius 2 is 1.58 bits per heavy atom. The number of ether oxygens (including phenoxy) is 1. The third-order valence-corrected chi connectivity index (χ3v) is 5.03. The summed E-state index contributed by atoms with van der Waals surface area (Å²) in [6.45, 7) is 0.434. The van der Waals surface area contributed by atoms with E-state index in [0.29, 0.717) is 12.2 Å². The molecule has 0 aliphatic heterocycles. The number of anilines is 1. The molecule has 3 N–H and O–H groups in total. The second-order valence-electron chi connectivity index (χ2n) is 6.21. The monoisotopic (exact) mass is 417 g/mol. The van der Waals surface area contributed by atoms with Gasteiger partial charge in [-0.3, -0.25) is 9.59 Å². The maximum Gasteiger partial charge on any atom is 0.198 e. The summed E-state index contributed by atoms with van der Waals surface area (Å²) in [5.41, 5.74) is 6.79. The molecule has 0 saturated carbocycles. The molecule has 5 nitrogen and oxygen atoms in total. The van der Waals surface area contributed by atoms with Crippen molar-refractivity contribution in [3.05, 3.63) is 52.6 Å². The Hall–Kier alpha value is -2.34. The highest BCUT2D eigenvalue weighted by molar-refractivity contribution is 9.09. The molecule has 26 heavy (non-hydrogen) atoms. The predicted molar refractivity (Wildman–Crippen MR) is 104 cm³/mol. The zero-order chi connectivity index (χ0) is 18.7. The predicted octanol–water partition coefficient (Wildman–Crippen LogP) is 4.08. The van der Waals surface area contributed by atoms with Crippen LogP contribution in [0.2, 0.25) is 0 Å². The van der Waals surface area contributed by atoms with Gasteiger partial charge in [0, 0.05) is 22.5 Å². The number of rotatable bonds is 7. The number of ketones is 2. The first-order valence-electron chi connectivity index (χ1n) is 8.59. The van der Waals surface area contributed by atoms with Crippen LogP contribution in [-0.4, -0.2) is 28.6 Å². The minimum absolute atomic E-state index is 0.0305. The first kappa shape index (κ1) is 18.5. The quantitative estimate of drug-likeness (QED) is 0.261. The molecule has 0 atom stereocenters. The van der Waals surface area contributed by atoms with Crippen molar-refractivity contribution >= 4 is 33.2 Å². The van der Waals surface area contributed by atoms with Gasteiger partial charge in [-0.1, -0.05) is 53.0 Å². The van der Waals surface area contributed by atoms with Crippen molar-refractivity contribution in [1.29, 1.82) is 0 Å². The van der Waals surface area contributed by atoms with Crippen molar-refractivity contribution in [2.24, 2.45) is 0 Å². The van der Waals surface area contributed by atoms with Crippen LogP contribution in [0.3, 0.4) is 0 Å². The summed E-state index contributed by atoms with van der Waals surface area (Å²) < 4.78 is 5.68. The van der Waals surface area contributed by atoms with E-state index in [0.717, 1.165) is 31.0 Å². The van der Waals surface area contributed by atoms with Gasteiger partial charge in [-0.15, -0.1) is 0 Å². The van der Waals surface area contributed by atoms with Gasteiger partial charge in [-0.05, 0) is 12.8 Å². The van der Waals surface area contributed by atoms with Gasteiger partial charge in [0.05, 0.1) is 23.4 Å². The van der Waals surface area contributed by atoms with Crippen molar-refractivity contribution in [3.8, 4) is 11.5 Å². The number of nitrogen functional groups attached to an aromatic ring is 1. The second kappa shape index (κ2) is 7.91. The van der Waals surface area contributed by atoms with E-state index in [4.69, 9.17) is 10.5 Å². The zero-order valence-electron chi connectivity index (χ0n) is 14.3. The van der Waals surface area contributed by atoms with Crippen molar-refractivity contribution in [3.63, 3.8) is 0 Å². The summed E-state index contributed by atoms with van der Waals surface area (Å²) in [5, 5.41) is 11.3. The highest BCUT2D eigenvalue weighted by atomic mass is 79.9. The van der Waals surface area contributed by atoms with E-state index in [1.165, 1.54) is 6.07 Å². The number of phenolic OH excluding ortho intramolecular Hbond substituents is 1. The molecule has 2 aromatic rings. The van der Waals surface area contributed by atoms with Crippen LogP contribution in [0.4, 0.5) is 5.69 Å². The molecule has 0 heterocycles. The lowest BCUT2D eigenvalue weighted by molar-refractivity contribution is 0.0977. The van der Waals surface area contributed by atoms with E-state index in [2.05, 4.69) is 15.9 Å². The summed E-state index contributed by atoms with van der Waals surface area (Å²) in [7, 11) is 0. The van der Waals surface area contributed by atoms with E-state index in [1.807, 2.05) is 0 Å². The molecule has 0 aromatic heterocycles. The minimum Gasteiger partial charge on any atom is -0.507 e. The molecule has 0 amide bonds. The Bertz CT molecular complexity index is 863. The van der Waals surface area contributed by atoms with Gasteiger partial charge in [-0.2, -0.15) is 0 Å². The van der Waals surface area contributed by atoms with Crippen molar-refractivity contribution in [2.45, 2.75) is 25.7 Å². The van der Waals surface area contributed by atoms with Crippen molar-refractivity contribution < 1.29 is 19.4 Å². The van der Waals surface area contributed by atoms with Gasteiger partial charge in [0.1, 0.15) is 11.5 Å². The highest BCUT2D eigenvalue weighted by Gasteiger charge is 2.35. The Balaban J connectivity index is 1.87. The highest BCUT2D eigenvalue weighted by Crippen LogP contribution is 2.41. The van der Waals surface area contributed by atoms with Crippen LogP contribution in [0, 0.1) is 0 Å². The summed E-state index contributed by atoms with van der Waals surface area (Å²) in [6, 6.07) is 7.87. The number of nitrogens with two attached hydrogens (primary N) is 1. The summed E-state index contributed by atoms with van der Waals surface area (Å²) >= 11 is 3.39. The molecule has 0 fully saturated rings. The molecule has 1 aliphatic rings. The molecular formula is C20H20BrNO4. The van der Waals surface area contributed by atoms with E-state index < -0.39 is 5.78 Å². The smallest absolute Gasteiger partial charge is 0.198 e. The van der Waals surface area contributed by atoms with Crippen molar-refractivity contribution in [1.82, 2.24) is 0 Å². The zero-order valence-corrected chi connectivity index (χ0v) is 15.8. The van der Waals surface area contributed by atoms with Crippen LogP contribution in [0.15, 0.2) is 30.3 Å². The largest absolute Gasteiger partial charge is 0.507 e. The standard InChI is InChI=1S/C20H20BrNO4/c21-9-5-1-2-6-10-26-15-11-14(23)16-17(18(15)22)20(25)13-8-4-3-7-12(13)19(16)24/h3-4,7-8,11,23H,1-2,5-6,9-10,22H2. The number of halogens is 1. The number of hydrogen-bond acceptors (Lipinski definition) is 5. The fourth-order valence-electron chi connectivity index (χ4n) is 3.13. The number of fused-ring (bicyclic) bond motifs is 2. The van der Waals surface area contributed by atoms with Crippen LogP contribution < -0.4 is 10.5 Å². The maximum absolute atomic E-state index is 12.8. The SMILES string of the molecule is Nc1c(OCCCCCCBr)cc(O)c2c1C(=O)c1ccccc1C2=O. The van der Waals surface area contributed by atoms with Crippen LogP contribution in [0.25, 0.3) is 0 Å². The molecule has 1 aliphatic carbocycles. The average Bonchev–Trinajstić information content (AvgIpc) is 2.65. The van der Waals surface area contributed by atoms with Gasteiger partial charge >= 0.3 is 0 Å². The molecule has 6 heteroatoms. The van der Waals surface area contributed by atoms with Gasteiger partial charge < -0.3 is 15.6 Å². The number of aromatic hydroxyl groups is 1. The number of benzene rings is 2. The fourth-order valence-corrected chi connectivity index (χ4v) is 3.52. The third kappa shape index (κ3) is 3.33. The molecule has 0 saturated heterocycles. The topological polar surface area (TPSA) is 89.6 Å². The fraction of sp³-hybridized carbons (Fsp3) is 0.300. The number of phenols is 1. The summed E-state index contributed by atoms with van der Waals surface area (Å²) in [5.74, 6) is -0.815. The first-order valence-corrected chi connectivity index (χ1v) is 9.71. The van der Waals surface area contributed by atoms with Crippen LogP contribution in [0.5, 0.6) is 11.5 Å². The molecule has 2 aromatic carbocycles. The lowest BCUT2D eigenvalue weighted by atomic mass is 9.82. The number of unbranched alkanes of at least 4 members (excludes halogenated alkanes) is 3. The number of carbonyl (C=O) groups excluding carboxylic acids is 2. The lowest BCUT2D eigenvalue weighted by Gasteiger charge is -2.21. The van der Waals surface area contributed by atoms with E-state index in [-0.39, 0.29) is 39.7 Å². The number of carbonyl (C=O) groups is 2. The lowest BCUT2D eigenvalue weighted by Crippen LogP contribution is -2.23. The Labute approximate surface area is 160 Å². The second-order valence-corrected chi connectivity index (χ2v) is 7.01. The van der Waals surface area contributed by atoms with E-state index in [1.54, 1.807) is 24.3 Å². The van der Waals surface area contributed by atoms with Gasteiger partial charge in [0.2, 0.25) is 0 Å². The van der Waals surface area contributed by atoms with Gasteiger partial charge in [-0.25, -0.2) is 0 Å². The molecule has 0 spiro atoms. The normalized spacial score (nSPS) is 12.7. The van der Waals surface area contributed by atoms with Gasteiger partial charge in [0.25, 0.3) is 0 Å². The molecular weight excluding hydrogens is 398 g/mol. The minimum atomic E-state index is -0.402. The molecule has 0 bridgehead atoms. The summed E-state index contributed by atoms with van der Waals surface area (Å²) in [6.07, 6.45) is 4.08. The Morgan fingerprint density at radius 1 is 0.962 bits per heavy atom. The van der Waals surface area contributed by atoms with Gasteiger partial charge in [0.15, 0.2) is 11.6 Å².